The summed E-state index contributed by atoms with van der Waals surface area (Å²) in [7, 11) is 0. The van der Waals surface area contributed by atoms with Gasteiger partial charge in [0, 0.05) is 11.6 Å². The molecule has 1 amide bonds. The average Bonchev–Trinajstić information content (AvgIpc) is 3.02. The molecule has 0 aliphatic carbocycles. The Hall–Kier alpha value is -3.62. The van der Waals surface area contributed by atoms with Crippen LogP contribution in [0.1, 0.15) is 15.9 Å². The smallest absolute Gasteiger partial charge is 0.278 e. The molecule has 0 bridgehead atoms. The topological polar surface area (TPSA) is 126 Å². The van der Waals surface area contributed by atoms with Crippen molar-refractivity contribution in [2.45, 2.75) is 0 Å². The zero-order valence-electron chi connectivity index (χ0n) is 12.1. The van der Waals surface area contributed by atoms with E-state index in [-0.39, 0.29) is 23.6 Å². The van der Waals surface area contributed by atoms with E-state index in [1.54, 1.807) is 6.07 Å². The maximum absolute atomic E-state index is 12.0. The molecule has 2 aromatic carbocycles. The van der Waals surface area contributed by atoms with Crippen molar-refractivity contribution in [3.05, 3.63) is 57.6 Å². The van der Waals surface area contributed by atoms with Crippen LogP contribution in [0.3, 0.4) is 0 Å². The summed E-state index contributed by atoms with van der Waals surface area (Å²) in [4.78, 5) is 22.3. The second-order valence-corrected chi connectivity index (χ2v) is 4.74. The van der Waals surface area contributed by atoms with E-state index in [4.69, 9.17) is 9.47 Å². The molecule has 24 heavy (non-hydrogen) atoms. The average molecular weight is 328 g/mol. The fourth-order valence-corrected chi connectivity index (χ4v) is 2.07. The number of nitro groups is 1. The summed E-state index contributed by atoms with van der Waals surface area (Å²) in [5.74, 6) is 0.0499. The van der Waals surface area contributed by atoms with Gasteiger partial charge in [-0.3, -0.25) is 14.9 Å². The maximum Gasteiger partial charge on any atom is 0.278 e. The third-order valence-electron chi connectivity index (χ3n) is 3.20. The molecule has 1 aliphatic heterocycles. The molecule has 0 aromatic heterocycles. The first-order valence-corrected chi connectivity index (χ1v) is 6.73. The van der Waals surface area contributed by atoms with Crippen LogP contribution >= 0.6 is 0 Å². The number of rotatable bonds is 4. The molecule has 2 aromatic rings. The molecule has 9 heteroatoms. The first-order chi connectivity index (χ1) is 11.5. The van der Waals surface area contributed by atoms with Crippen LogP contribution in [0, 0.1) is 10.1 Å². The number of amides is 1. The third kappa shape index (κ3) is 3.09. The van der Waals surface area contributed by atoms with Crippen molar-refractivity contribution in [1.29, 1.82) is 0 Å². The minimum atomic E-state index is -0.638. The number of nitrogens with zero attached hydrogens (tertiary/aromatic N) is 2. The first-order valence-electron chi connectivity index (χ1n) is 6.73. The molecule has 9 nitrogen and oxygen atoms in total. The van der Waals surface area contributed by atoms with E-state index < -0.39 is 16.6 Å². The van der Waals surface area contributed by atoms with Crippen LogP contribution in [0.25, 0.3) is 0 Å². The van der Waals surface area contributed by atoms with E-state index in [2.05, 4.69) is 10.5 Å². The van der Waals surface area contributed by atoms with Crippen molar-refractivity contribution in [2.75, 3.05) is 6.79 Å². The van der Waals surface area contributed by atoms with E-state index >= 15 is 0 Å². The number of hydrazone groups is 1. The SMILES string of the molecule is O=C(N/N=C/c1cc([O-])ccc1[N+](=O)[O-])c1ccc2c(c1)OCO2. The molecule has 122 valence electrons. The van der Waals surface area contributed by atoms with Crippen LogP contribution in [0.2, 0.25) is 0 Å². The van der Waals surface area contributed by atoms with Crippen LogP contribution in [0.5, 0.6) is 17.2 Å². The highest BCUT2D eigenvalue weighted by atomic mass is 16.7. The minimum Gasteiger partial charge on any atom is -0.872 e. The van der Waals surface area contributed by atoms with Crippen molar-refractivity contribution in [2.24, 2.45) is 5.10 Å². The Labute approximate surface area is 135 Å². The van der Waals surface area contributed by atoms with Crippen LogP contribution in [-0.2, 0) is 0 Å². The summed E-state index contributed by atoms with van der Waals surface area (Å²) in [6.45, 7) is 0.0910. The van der Waals surface area contributed by atoms with Crippen molar-refractivity contribution < 1.29 is 24.3 Å². The summed E-state index contributed by atoms with van der Waals surface area (Å²) in [6.07, 6.45) is 1.05. The predicted molar refractivity (Wildman–Crippen MR) is 80.2 cm³/mol. The van der Waals surface area contributed by atoms with Gasteiger partial charge in [0.05, 0.1) is 16.7 Å². The van der Waals surface area contributed by atoms with E-state index in [1.165, 1.54) is 12.1 Å². The zero-order chi connectivity index (χ0) is 17.1. The van der Waals surface area contributed by atoms with E-state index in [9.17, 15) is 20.0 Å². The second kappa shape index (κ2) is 6.24. The largest absolute Gasteiger partial charge is 0.872 e. The number of carbonyl (C=O) groups is 1. The highest BCUT2D eigenvalue weighted by Gasteiger charge is 2.16. The van der Waals surface area contributed by atoms with E-state index in [0.29, 0.717) is 11.5 Å². The summed E-state index contributed by atoms with van der Waals surface area (Å²) >= 11 is 0. The van der Waals surface area contributed by atoms with Crippen LogP contribution in [-0.4, -0.2) is 23.8 Å². The van der Waals surface area contributed by atoms with Gasteiger partial charge in [0.1, 0.15) is 0 Å². The number of nitrogens with one attached hydrogen (secondary N) is 1. The monoisotopic (exact) mass is 328 g/mol. The lowest BCUT2D eigenvalue weighted by atomic mass is 10.2. The maximum atomic E-state index is 12.0. The number of carbonyl (C=O) groups excluding carboxylic acids is 1. The van der Waals surface area contributed by atoms with Gasteiger partial charge in [-0.15, -0.1) is 5.75 Å². The summed E-state index contributed by atoms with van der Waals surface area (Å²) in [6, 6.07) is 7.85. The third-order valence-corrected chi connectivity index (χ3v) is 3.20. The molecule has 1 aliphatic rings. The van der Waals surface area contributed by atoms with Crippen LogP contribution < -0.4 is 20.0 Å². The Bertz CT molecular complexity index is 849. The Morgan fingerprint density at radius 2 is 2.00 bits per heavy atom. The highest BCUT2D eigenvalue weighted by Crippen LogP contribution is 2.32. The lowest BCUT2D eigenvalue weighted by Gasteiger charge is -2.05. The Morgan fingerprint density at radius 3 is 2.79 bits per heavy atom. The molecular weight excluding hydrogens is 318 g/mol. The van der Waals surface area contributed by atoms with Gasteiger partial charge in [0.2, 0.25) is 6.79 Å². The number of fused-ring (bicyclic) bond motifs is 1. The molecule has 0 saturated carbocycles. The number of benzene rings is 2. The van der Waals surface area contributed by atoms with Gasteiger partial charge in [-0.05, 0) is 18.2 Å². The van der Waals surface area contributed by atoms with Gasteiger partial charge in [-0.1, -0.05) is 12.1 Å². The molecule has 0 fully saturated rings. The van der Waals surface area contributed by atoms with Gasteiger partial charge < -0.3 is 14.6 Å². The number of hydrogen-bond acceptors (Lipinski definition) is 7. The minimum absolute atomic E-state index is 0.00140. The van der Waals surface area contributed by atoms with Gasteiger partial charge >= 0.3 is 0 Å². The number of ether oxygens (including phenoxy) is 2. The molecule has 0 spiro atoms. The lowest BCUT2D eigenvalue weighted by molar-refractivity contribution is -0.385. The van der Waals surface area contributed by atoms with Gasteiger partial charge in [0.25, 0.3) is 11.6 Å². The first kappa shape index (κ1) is 15.3. The summed E-state index contributed by atoms with van der Waals surface area (Å²) in [5, 5.41) is 25.8. The Balaban J connectivity index is 1.73. The van der Waals surface area contributed by atoms with Crippen molar-refractivity contribution >= 4 is 17.8 Å². The molecule has 3 rings (SSSR count). The molecule has 1 N–H and O–H groups in total. The highest BCUT2D eigenvalue weighted by molar-refractivity contribution is 5.96. The fourth-order valence-electron chi connectivity index (χ4n) is 2.07. The van der Waals surface area contributed by atoms with Gasteiger partial charge in [-0.25, -0.2) is 5.43 Å². The zero-order valence-corrected chi connectivity index (χ0v) is 12.1. The quantitative estimate of drug-likeness (QED) is 0.510. The summed E-state index contributed by atoms with van der Waals surface area (Å²) < 4.78 is 10.3. The van der Waals surface area contributed by atoms with E-state index in [0.717, 1.165) is 24.4 Å². The van der Waals surface area contributed by atoms with E-state index in [1.807, 2.05) is 0 Å². The van der Waals surface area contributed by atoms with Gasteiger partial charge in [0.15, 0.2) is 11.5 Å². The van der Waals surface area contributed by atoms with Crippen LogP contribution in [0.15, 0.2) is 41.5 Å². The Kier molecular flexibility index (Phi) is 3.98. The van der Waals surface area contributed by atoms with Crippen LogP contribution in [0.4, 0.5) is 5.69 Å². The fraction of sp³-hybridized carbons (Fsp3) is 0.0667. The summed E-state index contributed by atoms with van der Waals surface area (Å²) in [5.41, 5.74) is 2.23. The number of hydrogen-bond donors (Lipinski definition) is 1. The molecule has 1 heterocycles. The predicted octanol–water partition coefficient (Wildman–Crippen LogP) is 1.16. The van der Waals surface area contributed by atoms with Crippen molar-refractivity contribution in [3.63, 3.8) is 0 Å². The van der Waals surface area contributed by atoms with Crippen molar-refractivity contribution in [1.82, 2.24) is 5.43 Å². The second-order valence-electron chi connectivity index (χ2n) is 4.74. The molecular formula is C15H10N3O6-. The van der Waals surface area contributed by atoms with Crippen molar-refractivity contribution in [3.8, 4) is 17.2 Å². The molecule has 0 saturated heterocycles. The lowest BCUT2D eigenvalue weighted by Crippen LogP contribution is -2.17. The Morgan fingerprint density at radius 1 is 1.21 bits per heavy atom. The standard InChI is InChI=1S/C15H11N3O6/c19-11-2-3-12(18(21)22)10(5-11)7-16-17-15(20)9-1-4-13-14(6-9)24-8-23-13/h1-7,19H,8H2,(H,17,20)/p-1/b16-7+. The molecule has 0 unspecified atom stereocenters. The van der Waals surface area contributed by atoms with Gasteiger partial charge in [-0.2, -0.15) is 5.10 Å². The number of nitro benzene ring substituents is 1. The normalized spacial score (nSPS) is 12.3. The molecule has 0 atom stereocenters. The molecule has 0 radical (unpaired) electrons.